The van der Waals surface area contributed by atoms with Gasteiger partial charge in [0.15, 0.2) is 6.10 Å². The molecule has 0 aromatic carbocycles. The number of carbonyl (C=O) groups excluding carboxylic acids is 3. The minimum absolute atomic E-state index is 0.105. The quantitative estimate of drug-likeness (QED) is 0.0146. The molecule has 0 heterocycles. The molecule has 0 aliphatic heterocycles. The van der Waals surface area contributed by atoms with Gasteiger partial charge in [0.05, 0.1) is 26.4 Å². The predicted molar refractivity (Wildman–Crippen MR) is 298 cm³/mol. The largest absolute Gasteiger partial charge is 0.472 e. The fourth-order valence-corrected chi connectivity index (χ4v) is 8.64. The van der Waals surface area contributed by atoms with Gasteiger partial charge >= 0.3 is 33.6 Å². The van der Waals surface area contributed by atoms with Crippen molar-refractivity contribution in [1.82, 2.24) is 0 Å². The van der Waals surface area contributed by atoms with Crippen molar-refractivity contribution in [2.75, 3.05) is 39.6 Å². The molecule has 434 valence electrons. The van der Waals surface area contributed by atoms with E-state index in [-0.39, 0.29) is 19.3 Å². The molecule has 0 radical (unpaired) electrons. The predicted octanol–water partition coefficient (Wildman–Crippen LogP) is 14.1. The summed E-state index contributed by atoms with van der Waals surface area (Å²) in [5.41, 5.74) is 0. The second kappa shape index (κ2) is 51.7. The Bertz CT molecular complexity index is 1680. The Balaban J connectivity index is 4.67. The van der Waals surface area contributed by atoms with Crippen LogP contribution in [0.4, 0.5) is 0 Å². The Hall–Kier alpha value is -3.01. The fourth-order valence-electron chi connectivity index (χ4n) is 7.06. The number of unbranched alkanes of at least 4 members (excludes halogenated alkanes) is 18. The van der Waals surface area contributed by atoms with Gasteiger partial charge in [0.25, 0.3) is 0 Å². The normalized spacial score (nSPS) is 15.1. The zero-order valence-corrected chi connectivity index (χ0v) is 48.0. The number of allylic oxidation sites excluding steroid dienone is 12. The van der Waals surface area contributed by atoms with Crippen LogP contribution in [0.15, 0.2) is 72.9 Å². The van der Waals surface area contributed by atoms with Gasteiger partial charge in [0.2, 0.25) is 0 Å². The third-order valence-corrected chi connectivity index (χ3v) is 13.3. The van der Waals surface area contributed by atoms with E-state index < -0.39 is 91.5 Å². The second-order valence-corrected chi connectivity index (χ2v) is 21.6. The van der Waals surface area contributed by atoms with Gasteiger partial charge in [-0.3, -0.25) is 32.5 Å². The van der Waals surface area contributed by atoms with Gasteiger partial charge in [-0.25, -0.2) is 9.13 Å². The monoisotopic (exact) mass is 1100 g/mol. The number of carbonyl (C=O) groups is 3. The molecule has 0 aliphatic rings. The van der Waals surface area contributed by atoms with E-state index in [0.717, 1.165) is 96.3 Å². The molecule has 0 fully saturated rings. The Morgan fingerprint density at radius 3 is 1.23 bits per heavy atom. The highest BCUT2D eigenvalue weighted by atomic mass is 31.2. The van der Waals surface area contributed by atoms with Gasteiger partial charge in [0.1, 0.15) is 25.4 Å². The van der Waals surface area contributed by atoms with Crippen LogP contribution in [0.2, 0.25) is 0 Å². The first kappa shape index (κ1) is 72.0. The smallest absolute Gasteiger partial charge is 0.463 e. The number of aliphatic hydroxyl groups excluding tert-OH is 2. The number of ether oxygens (including phenoxy) is 3. The van der Waals surface area contributed by atoms with E-state index in [1.807, 2.05) is 12.2 Å². The molecule has 5 unspecified atom stereocenters. The lowest BCUT2D eigenvalue weighted by molar-refractivity contribution is -0.161. The maximum absolute atomic E-state index is 12.8. The van der Waals surface area contributed by atoms with Crippen LogP contribution < -0.4 is 0 Å². The van der Waals surface area contributed by atoms with Gasteiger partial charge in [-0.2, -0.15) is 0 Å². The molecule has 16 nitrogen and oxygen atoms in total. The topological polar surface area (TPSA) is 231 Å². The zero-order chi connectivity index (χ0) is 55.4. The summed E-state index contributed by atoms with van der Waals surface area (Å²) in [6.45, 7) is 2.39. The molecule has 0 aromatic heterocycles. The van der Waals surface area contributed by atoms with Crippen molar-refractivity contribution >= 4 is 33.6 Å². The highest BCUT2D eigenvalue weighted by molar-refractivity contribution is 7.47. The summed E-state index contributed by atoms with van der Waals surface area (Å²) in [6, 6.07) is 0. The number of hydrogen-bond acceptors (Lipinski definition) is 14. The zero-order valence-electron chi connectivity index (χ0n) is 46.2. The summed E-state index contributed by atoms with van der Waals surface area (Å²) in [5.74, 6) is -1.64. The number of hydrogen-bond donors (Lipinski definition) is 4. The number of phosphoric ester groups is 2. The van der Waals surface area contributed by atoms with E-state index in [0.29, 0.717) is 25.7 Å². The first-order valence-corrected chi connectivity index (χ1v) is 31.2. The molecule has 5 atom stereocenters. The van der Waals surface area contributed by atoms with Gasteiger partial charge in [-0.05, 0) is 77.0 Å². The van der Waals surface area contributed by atoms with Crippen LogP contribution in [0.5, 0.6) is 0 Å². The molecule has 0 rings (SSSR count). The number of esters is 3. The second-order valence-electron chi connectivity index (χ2n) is 18.7. The summed E-state index contributed by atoms with van der Waals surface area (Å²) < 4.78 is 60.3. The molecule has 0 amide bonds. The molecule has 4 N–H and O–H groups in total. The molecular formula is C57H100O16P2. The van der Waals surface area contributed by atoms with Gasteiger partial charge in [0, 0.05) is 19.3 Å². The number of aliphatic hydroxyl groups is 2. The highest BCUT2D eigenvalue weighted by Crippen LogP contribution is 2.45. The first-order chi connectivity index (χ1) is 36.2. The Morgan fingerprint density at radius 1 is 0.387 bits per heavy atom. The summed E-state index contributed by atoms with van der Waals surface area (Å²) >= 11 is 0. The van der Waals surface area contributed by atoms with E-state index >= 15 is 0 Å². The van der Waals surface area contributed by atoms with E-state index in [9.17, 15) is 43.5 Å². The van der Waals surface area contributed by atoms with Crippen molar-refractivity contribution in [3.8, 4) is 0 Å². The van der Waals surface area contributed by atoms with Crippen molar-refractivity contribution in [2.45, 2.75) is 232 Å². The van der Waals surface area contributed by atoms with Crippen LogP contribution in [-0.2, 0) is 55.8 Å². The van der Waals surface area contributed by atoms with Crippen LogP contribution in [0, 0.1) is 0 Å². The summed E-state index contributed by atoms with van der Waals surface area (Å²) in [5, 5.41) is 20.4. The SMILES string of the molecule is CC/C=C\C/C=C\C/C=C\C/C=C\C/C=C\CCCC(=O)OCC(O)COP(=O)(O)OCC(O)COP(=O)(O)OCC(COC(=O)CCCCCCC/C=C\CCCC)OC(=O)CCCCCCCCCCCCC. The summed E-state index contributed by atoms with van der Waals surface area (Å²) in [7, 11) is -9.76. The number of phosphoric acid groups is 2. The standard InChI is InChI=1S/C57H100O16P2/c1-4-7-10-13-16-19-22-23-24-25-26-27-30-32-34-37-40-43-55(60)67-46-52(58)47-69-74(63,64)70-48-53(59)49-71-75(65,66)72-51-54(73-57(62)45-42-39-36-33-29-21-18-15-12-9-6-3)50-68-56(61)44-41-38-35-31-28-20-17-14-11-8-5-2/h7,10,14,16-17,19,23-24,26-27,32,34,52-54,58-59H,4-6,8-9,11-13,15,18,20-22,25,28-31,33,35-51H2,1-3H3,(H,63,64)(H,65,66)/b10-7-,17-14-,19-16-,24-23-,27-26-,34-32-. The molecule has 0 saturated carbocycles. The van der Waals surface area contributed by atoms with Crippen LogP contribution in [0.3, 0.4) is 0 Å². The third-order valence-electron chi connectivity index (χ3n) is 11.4. The molecule has 75 heavy (non-hydrogen) atoms. The lowest BCUT2D eigenvalue weighted by Crippen LogP contribution is -2.30. The lowest BCUT2D eigenvalue weighted by atomic mass is 10.1. The van der Waals surface area contributed by atoms with Crippen molar-refractivity contribution in [2.24, 2.45) is 0 Å². The van der Waals surface area contributed by atoms with Gasteiger partial charge in [-0.15, -0.1) is 0 Å². The maximum atomic E-state index is 12.8. The van der Waals surface area contributed by atoms with E-state index in [4.69, 9.17) is 32.3 Å². The lowest BCUT2D eigenvalue weighted by Gasteiger charge is -2.21. The van der Waals surface area contributed by atoms with Gasteiger partial charge in [-0.1, -0.05) is 190 Å². The van der Waals surface area contributed by atoms with Crippen LogP contribution in [0.25, 0.3) is 0 Å². The molecule has 0 aliphatic carbocycles. The average molecular weight is 1100 g/mol. The van der Waals surface area contributed by atoms with Crippen molar-refractivity contribution in [3.05, 3.63) is 72.9 Å². The third kappa shape index (κ3) is 52.8. The maximum Gasteiger partial charge on any atom is 0.472 e. The van der Waals surface area contributed by atoms with Crippen molar-refractivity contribution < 1.29 is 75.8 Å². The van der Waals surface area contributed by atoms with Crippen LogP contribution in [0.1, 0.15) is 213 Å². The van der Waals surface area contributed by atoms with Crippen molar-refractivity contribution in [3.63, 3.8) is 0 Å². The molecule has 0 saturated heterocycles. The fraction of sp³-hybridized carbons (Fsp3) is 0.737. The van der Waals surface area contributed by atoms with E-state index in [1.165, 1.54) is 51.4 Å². The molecule has 0 spiro atoms. The Kier molecular flexibility index (Phi) is 49.7. The molecule has 18 heteroatoms. The van der Waals surface area contributed by atoms with E-state index in [2.05, 4.69) is 81.5 Å². The Morgan fingerprint density at radius 2 is 0.733 bits per heavy atom. The molecule has 0 aromatic rings. The number of rotatable bonds is 53. The first-order valence-electron chi connectivity index (χ1n) is 28.2. The minimum Gasteiger partial charge on any atom is -0.463 e. The van der Waals surface area contributed by atoms with E-state index in [1.54, 1.807) is 0 Å². The Labute approximate surface area is 452 Å². The van der Waals surface area contributed by atoms with Gasteiger partial charge < -0.3 is 34.2 Å². The summed E-state index contributed by atoms with van der Waals surface area (Å²) in [4.78, 5) is 57.8. The summed E-state index contributed by atoms with van der Waals surface area (Å²) in [6.07, 6.45) is 48.6. The minimum atomic E-state index is -4.91. The van der Waals surface area contributed by atoms with Crippen LogP contribution in [-0.4, -0.2) is 95.9 Å². The molecule has 0 bridgehead atoms. The van der Waals surface area contributed by atoms with Crippen LogP contribution >= 0.6 is 15.6 Å². The van der Waals surface area contributed by atoms with Crippen molar-refractivity contribution in [1.29, 1.82) is 0 Å². The molecular weight excluding hydrogens is 1000 g/mol. The highest BCUT2D eigenvalue weighted by Gasteiger charge is 2.29. The average Bonchev–Trinajstić information content (AvgIpc) is 3.38.